The smallest absolute Gasteiger partial charge is 0.336 e. The third-order valence-corrected chi connectivity index (χ3v) is 5.90. The van der Waals surface area contributed by atoms with Gasteiger partial charge < -0.3 is 4.42 Å². The molecule has 1 N–H and O–H groups in total. The maximum absolute atomic E-state index is 12.8. The molecule has 0 saturated carbocycles. The van der Waals surface area contributed by atoms with E-state index in [0.29, 0.717) is 16.7 Å². The van der Waals surface area contributed by atoms with E-state index in [9.17, 15) is 13.2 Å². The van der Waals surface area contributed by atoms with Crippen LogP contribution >= 0.6 is 0 Å². The van der Waals surface area contributed by atoms with Gasteiger partial charge in [0.15, 0.2) is 0 Å². The number of fused-ring (bicyclic) bond motifs is 2. The highest BCUT2D eigenvalue weighted by Gasteiger charge is 2.19. The lowest BCUT2D eigenvalue weighted by Gasteiger charge is -2.20. The van der Waals surface area contributed by atoms with Gasteiger partial charge in [0.25, 0.3) is 10.0 Å². The molecule has 0 fully saturated rings. The summed E-state index contributed by atoms with van der Waals surface area (Å²) in [6.07, 6.45) is 4.08. The Labute approximate surface area is 145 Å². The van der Waals surface area contributed by atoms with Crippen molar-refractivity contribution in [2.75, 3.05) is 4.72 Å². The van der Waals surface area contributed by atoms with Gasteiger partial charge in [-0.1, -0.05) is 12.1 Å². The lowest BCUT2D eigenvalue weighted by Crippen LogP contribution is -2.16. The van der Waals surface area contributed by atoms with E-state index in [1.54, 1.807) is 6.07 Å². The SMILES string of the molecule is O=c1ccc2cc(S(=O)(=O)Nc3cccc4c3CCCC4)ccc2o1. The molecule has 0 unspecified atom stereocenters. The Hall–Kier alpha value is -2.60. The monoisotopic (exact) mass is 355 g/mol. The van der Waals surface area contributed by atoms with E-state index in [4.69, 9.17) is 4.42 Å². The van der Waals surface area contributed by atoms with Gasteiger partial charge >= 0.3 is 5.63 Å². The molecule has 0 spiro atoms. The number of hydrogen-bond acceptors (Lipinski definition) is 4. The Bertz CT molecular complexity index is 1120. The van der Waals surface area contributed by atoms with Crippen LogP contribution in [0.2, 0.25) is 0 Å². The number of rotatable bonds is 3. The van der Waals surface area contributed by atoms with Crippen LogP contribution < -0.4 is 10.3 Å². The molecular formula is C19H17NO4S. The summed E-state index contributed by atoms with van der Waals surface area (Å²) in [6, 6.07) is 13.1. The van der Waals surface area contributed by atoms with Crippen molar-refractivity contribution in [1.82, 2.24) is 0 Å². The number of sulfonamides is 1. The van der Waals surface area contributed by atoms with E-state index >= 15 is 0 Å². The van der Waals surface area contributed by atoms with Gasteiger partial charge in [0, 0.05) is 11.5 Å². The van der Waals surface area contributed by atoms with Crippen molar-refractivity contribution >= 4 is 26.7 Å². The summed E-state index contributed by atoms with van der Waals surface area (Å²) in [5.41, 5.74) is 2.86. The molecule has 6 heteroatoms. The third-order valence-electron chi connectivity index (χ3n) is 4.54. The minimum absolute atomic E-state index is 0.141. The molecule has 1 heterocycles. The van der Waals surface area contributed by atoms with Crippen molar-refractivity contribution in [2.24, 2.45) is 0 Å². The highest BCUT2D eigenvalue weighted by Crippen LogP contribution is 2.29. The first kappa shape index (κ1) is 15.9. The summed E-state index contributed by atoms with van der Waals surface area (Å²) in [6.45, 7) is 0. The molecule has 2 aromatic carbocycles. The maximum Gasteiger partial charge on any atom is 0.336 e. The molecule has 0 aliphatic heterocycles. The zero-order chi connectivity index (χ0) is 17.4. The van der Waals surface area contributed by atoms with E-state index in [2.05, 4.69) is 10.8 Å². The van der Waals surface area contributed by atoms with Gasteiger partial charge in [0.2, 0.25) is 0 Å². The van der Waals surface area contributed by atoms with Crippen LogP contribution in [0, 0.1) is 0 Å². The Morgan fingerprint density at radius 1 is 0.960 bits per heavy atom. The highest BCUT2D eigenvalue weighted by atomic mass is 32.2. The Kier molecular flexibility index (Phi) is 3.84. The summed E-state index contributed by atoms with van der Waals surface area (Å²) in [4.78, 5) is 11.4. The molecule has 25 heavy (non-hydrogen) atoms. The molecular weight excluding hydrogens is 338 g/mol. The predicted molar refractivity (Wildman–Crippen MR) is 96.4 cm³/mol. The van der Waals surface area contributed by atoms with Crippen LogP contribution in [0.4, 0.5) is 5.69 Å². The lowest BCUT2D eigenvalue weighted by molar-refractivity contribution is 0.560. The van der Waals surface area contributed by atoms with E-state index in [0.717, 1.165) is 31.2 Å². The second-order valence-electron chi connectivity index (χ2n) is 6.21. The lowest BCUT2D eigenvalue weighted by atomic mass is 9.91. The van der Waals surface area contributed by atoms with Crippen LogP contribution in [0.1, 0.15) is 24.0 Å². The Balaban J connectivity index is 1.73. The van der Waals surface area contributed by atoms with Crippen molar-refractivity contribution in [3.05, 3.63) is 70.1 Å². The number of nitrogens with one attached hydrogen (secondary N) is 1. The molecule has 1 aliphatic rings. The fourth-order valence-electron chi connectivity index (χ4n) is 3.30. The van der Waals surface area contributed by atoms with Gasteiger partial charge in [0.05, 0.1) is 10.6 Å². The number of benzene rings is 2. The minimum atomic E-state index is -3.72. The quantitative estimate of drug-likeness (QED) is 0.730. The largest absolute Gasteiger partial charge is 0.423 e. The second kappa shape index (κ2) is 6.04. The van der Waals surface area contributed by atoms with E-state index in [-0.39, 0.29) is 4.90 Å². The molecule has 4 rings (SSSR count). The van der Waals surface area contributed by atoms with Crippen LogP contribution in [0.15, 0.2) is 62.6 Å². The summed E-state index contributed by atoms with van der Waals surface area (Å²) >= 11 is 0. The molecule has 0 bridgehead atoms. The standard InChI is InChI=1S/C19H17NO4S/c21-19-11-8-14-12-15(9-10-18(14)24-19)25(22,23)20-17-7-3-5-13-4-1-2-6-16(13)17/h3,5,7-12,20H,1-2,4,6H2. The molecule has 1 aromatic heterocycles. The molecule has 0 saturated heterocycles. The van der Waals surface area contributed by atoms with Crippen LogP contribution in [-0.4, -0.2) is 8.42 Å². The van der Waals surface area contributed by atoms with Crippen LogP contribution in [-0.2, 0) is 22.9 Å². The van der Waals surface area contributed by atoms with Crippen molar-refractivity contribution in [3.8, 4) is 0 Å². The molecule has 0 radical (unpaired) electrons. The molecule has 0 atom stereocenters. The van der Waals surface area contributed by atoms with Crippen LogP contribution in [0.5, 0.6) is 0 Å². The number of aryl methyl sites for hydroxylation is 1. The molecule has 0 amide bonds. The van der Waals surface area contributed by atoms with Gasteiger partial charge in [-0.25, -0.2) is 13.2 Å². The van der Waals surface area contributed by atoms with Crippen LogP contribution in [0.25, 0.3) is 11.0 Å². The zero-order valence-electron chi connectivity index (χ0n) is 13.5. The summed E-state index contributed by atoms with van der Waals surface area (Å²) < 4.78 is 33.4. The summed E-state index contributed by atoms with van der Waals surface area (Å²) in [7, 11) is -3.72. The first-order valence-corrected chi connectivity index (χ1v) is 9.69. The zero-order valence-corrected chi connectivity index (χ0v) is 14.3. The van der Waals surface area contributed by atoms with Gasteiger partial charge in [-0.05, 0) is 67.1 Å². The van der Waals surface area contributed by atoms with E-state index < -0.39 is 15.6 Å². The van der Waals surface area contributed by atoms with E-state index in [1.165, 1.54) is 29.8 Å². The van der Waals surface area contributed by atoms with Gasteiger partial charge in [-0.3, -0.25) is 4.72 Å². The first-order valence-electron chi connectivity index (χ1n) is 8.20. The van der Waals surface area contributed by atoms with Crippen LogP contribution in [0.3, 0.4) is 0 Å². The Morgan fingerprint density at radius 3 is 2.68 bits per heavy atom. The first-order chi connectivity index (χ1) is 12.0. The second-order valence-corrected chi connectivity index (χ2v) is 7.89. The fraction of sp³-hybridized carbons (Fsp3) is 0.211. The van der Waals surface area contributed by atoms with E-state index in [1.807, 2.05) is 12.1 Å². The van der Waals surface area contributed by atoms with Crippen molar-refractivity contribution in [1.29, 1.82) is 0 Å². The number of anilines is 1. The molecule has 128 valence electrons. The molecule has 5 nitrogen and oxygen atoms in total. The van der Waals surface area contributed by atoms with Crippen molar-refractivity contribution in [3.63, 3.8) is 0 Å². The average Bonchev–Trinajstić information content (AvgIpc) is 2.61. The summed E-state index contributed by atoms with van der Waals surface area (Å²) in [5.74, 6) is 0. The fourth-order valence-corrected chi connectivity index (χ4v) is 4.43. The molecule has 1 aliphatic carbocycles. The predicted octanol–water partition coefficient (Wildman–Crippen LogP) is 3.47. The number of hydrogen-bond donors (Lipinski definition) is 1. The molecule has 3 aromatic rings. The topological polar surface area (TPSA) is 76.4 Å². The maximum atomic E-state index is 12.8. The Morgan fingerprint density at radius 2 is 1.80 bits per heavy atom. The van der Waals surface area contributed by atoms with Crippen molar-refractivity contribution in [2.45, 2.75) is 30.6 Å². The van der Waals surface area contributed by atoms with Gasteiger partial charge in [-0.2, -0.15) is 0 Å². The minimum Gasteiger partial charge on any atom is -0.423 e. The van der Waals surface area contributed by atoms with Gasteiger partial charge in [-0.15, -0.1) is 0 Å². The average molecular weight is 355 g/mol. The van der Waals surface area contributed by atoms with Gasteiger partial charge in [0.1, 0.15) is 5.58 Å². The normalized spacial score (nSPS) is 14.2. The highest BCUT2D eigenvalue weighted by molar-refractivity contribution is 7.92. The third kappa shape index (κ3) is 3.05. The summed E-state index contributed by atoms with van der Waals surface area (Å²) in [5, 5.41) is 0.567. The van der Waals surface area contributed by atoms with Crippen molar-refractivity contribution < 1.29 is 12.8 Å².